The molecule has 23 heavy (non-hydrogen) atoms. The Morgan fingerprint density at radius 2 is 1.96 bits per heavy atom. The molecule has 0 spiro atoms. The average Bonchev–Trinajstić information content (AvgIpc) is 3.03. The summed E-state index contributed by atoms with van der Waals surface area (Å²) in [7, 11) is 4.34. The Kier molecular flexibility index (Phi) is 3.35. The van der Waals surface area contributed by atoms with Crippen LogP contribution >= 0.6 is 0 Å². The SMILES string of the molecule is COC(=O)CCn1c(C)cn2c3c(=O)n(C)c(=O)n(C)c3nc12. The molecule has 0 N–H and O–H groups in total. The minimum Gasteiger partial charge on any atom is -0.469 e. The molecule has 0 atom stereocenters. The van der Waals surface area contributed by atoms with Gasteiger partial charge in [-0.15, -0.1) is 0 Å². The molecule has 0 radical (unpaired) electrons. The van der Waals surface area contributed by atoms with Crippen LogP contribution in [-0.4, -0.2) is 36.2 Å². The normalized spacial score (nSPS) is 11.5. The van der Waals surface area contributed by atoms with Gasteiger partial charge < -0.3 is 9.30 Å². The molecule has 3 heterocycles. The van der Waals surface area contributed by atoms with Gasteiger partial charge in [0.15, 0.2) is 11.2 Å². The Morgan fingerprint density at radius 1 is 1.26 bits per heavy atom. The summed E-state index contributed by atoms with van der Waals surface area (Å²) >= 11 is 0. The fourth-order valence-corrected chi connectivity index (χ4v) is 2.71. The number of aryl methyl sites for hydroxylation is 3. The van der Waals surface area contributed by atoms with Crippen molar-refractivity contribution in [2.24, 2.45) is 14.1 Å². The van der Waals surface area contributed by atoms with Crippen molar-refractivity contribution in [2.45, 2.75) is 19.9 Å². The fourth-order valence-electron chi connectivity index (χ4n) is 2.71. The van der Waals surface area contributed by atoms with E-state index in [0.29, 0.717) is 23.5 Å². The molecule has 0 aromatic carbocycles. The first-order valence-electron chi connectivity index (χ1n) is 7.07. The Labute approximate surface area is 130 Å². The van der Waals surface area contributed by atoms with Crippen molar-refractivity contribution in [1.29, 1.82) is 0 Å². The Morgan fingerprint density at radius 3 is 2.61 bits per heavy atom. The maximum atomic E-state index is 12.4. The number of nitrogens with zero attached hydrogens (tertiary/aromatic N) is 5. The fraction of sp³-hybridized carbons (Fsp3) is 0.429. The van der Waals surface area contributed by atoms with Crippen molar-refractivity contribution in [3.8, 4) is 0 Å². The number of hydrogen-bond donors (Lipinski definition) is 0. The van der Waals surface area contributed by atoms with E-state index in [-0.39, 0.29) is 12.4 Å². The van der Waals surface area contributed by atoms with Crippen molar-refractivity contribution < 1.29 is 9.53 Å². The highest BCUT2D eigenvalue weighted by molar-refractivity contribution is 5.75. The molecule has 3 rings (SSSR count). The van der Waals surface area contributed by atoms with Crippen LogP contribution in [0.5, 0.6) is 0 Å². The molecule has 0 fully saturated rings. The van der Waals surface area contributed by atoms with Crippen molar-refractivity contribution in [3.63, 3.8) is 0 Å². The van der Waals surface area contributed by atoms with E-state index >= 15 is 0 Å². The lowest BCUT2D eigenvalue weighted by Gasteiger charge is -2.04. The van der Waals surface area contributed by atoms with E-state index < -0.39 is 11.2 Å². The molecule has 0 aliphatic carbocycles. The van der Waals surface area contributed by atoms with Crippen LogP contribution in [0.3, 0.4) is 0 Å². The number of imidazole rings is 2. The van der Waals surface area contributed by atoms with Gasteiger partial charge in [0.05, 0.1) is 13.5 Å². The minimum absolute atomic E-state index is 0.196. The molecule has 0 unspecified atom stereocenters. The zero-order valence-corrected chi connectivity index (χ0v) is 13.4. The van der Waals surface area contributed by atoms with Crippen LogP contribution in [0.15, 0.2) is 15.8 Å². The van der Waals surface area contributed by atoms with Gasteiger partial charge in [-0.05, 0) is 6.92 Å². The number of methoxy groups -OCH3 is 1. The maximum Gasteiger partial charge on any atom is 0.332 e. The molecule has 9 heteroatoms. The Hall–Kier alpha value is -2.84. The molecule has 0 amide bonds. The molecular weight excluding hydrogens is 302 g/mol. The zero-order chi connectivity index (χ0) is 16.9. The molecule has 0 bridgehead atoms. The number of rotatable bonds is 3. The predicted molar refractivity (Wildman–Crippen MR) is 82.5 cm³/mol. The number of carbonyl (C=O) groups excluding carboxylic acids is 1. The van der Waals surface area contributed by atoms with Crippen molar-refractivity contribution >= 4 is 22.9 Å². The molecular formula is C14H17N5O4. The molecule has 9 nitrogen and oxygen atoms in total. The van der Waals surface area contributed by atoms with Crippen LogP contribution in [0, 0.1) is 6.92 Å². The second-order valence-corrected chi connectivity index (χ2v) is 5.41. The zero-order valence-electron chi connectivity index (χ0n) is 13.4. The molecule has 0 aliphatic rings. The van der Waals surface area contributed by atoms with Crippen LogP contribution in [0.4, 0.5) is 0 Å². The second kappa shape index (κ2) is 5.11. The van der Waals surface area contributed by atoms with E-state index in [0.717, 1.165) is 10.3 Å². The highest BCUT2D eigenvalue weighted by Crippen LogP contribution is 2.16. The summed E-state index contributed by atoms with van der Waals surface area (Å²) in [5.74, 6) is 0.190. The summed E-state index contributed by atoms with van der Waals surface area (Å²) in [4.78, 5) is 40.2. The van der Waals surface area contributed by atoms with Gasteiger partial charge in [0.1, 0.15) is 0 Å². The van der Waals surface area contributed by atoms with Gasteiger partial charge in [-0.3, -0.25) is 23.1 Å². The van der Waals surface area contributed by atoms with E-state index in [1.807, 2.05) is 11.5 Å². The third-order valence-corrected chi connectivity index (χ3v) is 4.02. The molecule has 3 aromatic heterocycles. The first-order chi connectivity index (χ1) is 10.9. The highest BCUT2D eigenvalue weighted by Gasteiger charge is 2.19. The lowest BCUT2D eigenvalue weighted by Crippen LogP contribution is -2.37. The second-order valence-electron chi connectivity index (χ2n) is 5.41. The summed E-state index contributed by atoms with van der Waals surface area (Å²) in [6.07, 6.45) is 1.97. The third kappa shape index (κ3) is 2.07. The molecule has 122 valence electrons. The quantitative estimate of drug-likeness (QED) is 0.610. The lowest BCUT2D eigenvalue weighted by molar-refractivity contribution is -0.140. The summed E-state index contributed by atoms with van der Waals surface area (Å²) in [5.41, 5.74) is 0.681. The Bertz CT molecular complexity index is 1050. The van der Waals surface area contributed by atoms with Crippen LogP contribution in [0.1, 0.15) is 12.1 Å². The van der Waals surface area contributed by atoms with E-state index in [1.165, 1.54) is 18.7 Å². The van der Waals surface area contributed by atoms with Crippen molar-refractivity contribution in [1.82, 2.24) is 23.1 Å². The standard InChI is InChI=1S/C14H17N5O4/c1-8-7-19-10-11(16(2)14(22)17(3)12(10)21)15-13(19)18(8)6-5-9(20)23-4/h7H,5-6H2,1-4H3. The number of ether oxygens (including phenoxy) is 1. The monoisotopic (exact) mass is 319 g/mol. The van der Waals surface area contributed by atoms with Gasteiger partial charge >= 0.3 is 11.7 Å². The van der Waals surface area contributed by atoms with E-state index in [2.05, 4.69) is 9.72 Å². The first-order valence-corrected chi connectivity index (χ1v) is 7.07. The van der Waals surface area contributed by atoms with Gasteiger partial charge in [-0.2, -0.15) is 4.98 Å². The molecule has 3 aromatic rings. The number of carbonyl (C=O) groups is 1. The minimum atomic E-state index is -0.430. The van der Waals surface area contributed by atoms with Crippen LogP contribution in [-0.2, 0) is 30.2 Å². The van der Waals surface area contributed by atoms with Crippen molar-refractivity contribution in [3.05, 3.63) is 32.7 Å². The summed E-state index contributed by atoms with van der Waals surface area (Å²) < 4.78 is 10.5. The van der Waals surface area contributed by atoms with Crippen LogP contribution in [0.25, 0.3) is 16.9 Å². The van der Waals surface area contributed by atoms with Gasteiger partial charge in [-0.1, -0.05) is 0 Å². The molecule has 0 aliphatic heterocycles. The summed E-state index contributed by atoms with van der Waals surface area (Å²) in [5, 5.41) is 0. The number of hydrogen-bond acceptors (Lipinski definition) is 5. The predicted octanol–water partition coefficient (Wildman–Crippen LogP) is -0.442. The highest BCUT2D eigenvalue weighted by atomic mass is 16.5. The van der Waals surface area contributed by atoms with Crippen molar-refractivity contribution in [2.75, 3.05) is 7.11 Å². The van der Waals surface area contributed by atoms with E-state index in [1.54, 1.807) is 17.6 Å². The van der Waals surface area contributed by atoms with Gasteiger partial charge in [-0.25, -0.2) is 4.79 Å². The lowest BCUT2D eigenvalue weighted by atomic mass is 10.4. The van der Waals surface area contributed by atoms with Crippen LogP contribution in [0.2, 0.25) is 0 Å². The summed E-state index contributed by atoms with van der Waals surface area (Å²) in [6, 6.07) is 0. The van der Waals surface area contributed by atoms with Gasteiger partial charge in [0.25, 0.3) is 5.56 Å². The molecule has 0 saturated carbocycles. The first kappa shape index (κ1) is 15.1. The molecule has 0 saturated heterocycles. The van der Waals surface area contributed by atoms with E-state index in [9.17, 15) is 14.4 Å². The number of esters is 1. The topological polar surface area (TPSA) is 92.5 Å². The summed E-state index contributed by atoms with van der Waals surface area (Å²) in [6.45, 7) is 2.25. The third-order valence-electron chi connectivity index (χ3n) is 4.02. The van der Waals surface area contributed by atoms with Crippen LogP contribution < -0.4 is 11.2 Å². The number of aromatic nitrogens is 5. The largest absolute Gasteiger partial charge is 0.469 e. The maximum absolute atomic E-state index is 12.4. The Balaban J connectivity index is 2.30. The van der Waals surface area contributed by atoms with Gasteiger partial charge in [0.2, 0.25) is 5.78 Å². The van der Waals surface area contributed by atoms with Gasteiger partial charge in [0, 0.05) is 32.5 Å². The van der Waals surface area contributed by atoms with E-state index in [4.69, 9.17) is 0 Å². The number of fused-ring (bicyclic) bond motifs is 3. The smallest absolute Gasteiger partial charge is 0.332 e. The average molecular weight is 319 g/mol.